The van der Waals surface area contributed by atoms with Gasteiger partial charge in [0.2, 0.25) is 0 Å². The highest BCUT2D eigenvalue weighted by Gasteiger charge is 2.35. The molecule has 1 saturated carbocycles. The van der Waals surface area contributed by atoms with Gasteiger partial charge in [0.15, 0.2) is 0 Å². The van der Waals surface area contributed by atoms with Gasteiger partial charge in [0.1, 0.15) is 5.75 Å². The summed E-state index contributed by atoms with van der Waals surface area (Å²) in [6, 6.07) is 9.59. The fraction of sp³-hybridized carbons (Fsp3) is 0.700. The lowest BCUT2D eigenvalue weighted by Crippen LogP contribution is -2.52. The first-order valence-electron chi connectivity index (χ1n) is 9.29. The van der Waals surface area contributed by atoms with E-state index >= 15 is 0 Å². The Kier molecular flexibility index (Phi) is 7.56. The molecule has 0 aromatic heterocycles. The Labute approximate surface area is 158 Å². The molecule has 5 heteroatoms. The highest BCUT2D eigenvalue weighted by Crippen LogP contribution is 2.31. The van der Waals surface area contributed by atoms with Gasteiger partial charge in [-0.2, -0.15) is 0 Å². The molecule has 3 rings (SSSR count). The molecule has 0 amide bonds. The summed E-state index contributed by atoms with van der Waals surface area (Å²) in [5.74, 6) is 1.61. The van der Waals surface area contributed by atoms with Crippen LogP contribution in [0.5, 0.6) is 5.75 Å². The molecule has 3 unspecified atom stereocenters. The van der Waals surface area contributed by atoms with Gasteiger partial charge in [-0.05, 0) is 36.5 Å². The van der Waals surface area contributed by atoms with Crippen molar-refractivity contribution in [3.05, 3.63) is 29.8 Å². The molecular weight excluding hydrogens is 336 g/mol. The van der Waals surface area contributed by atoms with Crippen LogP contribution in [0.3, 0.4) is 0 Å². The van der Waals surface area contributed by atoms with Crippen LogP contribution in [0.1, 0.15) is 38.7 Å². The Hall–Kier alpha value is -0.810. The lowest BCUT2D eigenvalue weighted by Gasteiger charge is -2.35. The van der Waals surface area contributed by atoms with Crippen molar-refractivity contribution >= 4 is 12.4 Å². The summed E-state index contributed by atoms with van der Waals surface area (Å²) in [6.07, 6.45) is 3.91. The van der Waals surface area contributed by atoms with Crippen molar-refractivity contribution in [2.24, 2.45) is 5.92 Å². The smallest absolute Gasteiger partial charge is 0.118 e. The second-order valence-corrected chi connectivity index (χ2v) is 7.83. The van der Waals surface area contributed by atoms with Gasteiger partial charge in [-0.15, -0.1) is 12.4 Å². The number of benzene rings is 1. The zero-order valence-electron chi connectivity index (χ0n) is 15.7. The average Bonchev–Trinajstić information content (AvgIpc) is 3.09. The number of ether oxygens (including phenoxy) is 2. The third kappa shape index (κ3) is 5.10. The molecule has 1 saturated heterocycles. The van der Waals surface area contributed by atoms with Crippen molar-refractivity contribution in [2.45, 2.75) is 50.6 Å². The van der Waals surface area contributed by atoms with Crippen molar-refractivity contribution in [3.63, 3.8) is 0 Å². The van der Waals surface area contributed by atoms with E-state index in [-0.39, 0.29) is 17.8 Å². The molecule has 2 aliphatic rings. The minimum atomic E-state index is 0. The lowest BCUT2D eigenvalue weighted by atomic mass is 9.83. The van der Waals surface area contributed by atoms with Gasteiger partial charge in [-0.3, -0.25) is 0 Å². The van der Waals surface area contributed by atoms with E-state index < -0.39 is 0 Å². The Morgan fingerprint density at radius 1 is 1.24 bits per heavy atom. The van der Waals surface area contributed by atoms with Gasteiger partial charge in [0.25, 0.3) is 0 Å². The van der Waals surface area contributed by atoms with Crippen LogP contribution in [0.4, 0.5) is 0 Å². The number of methoxy groups -OCH3 is 1. The minimum absolute atomic E-state index is 0. The van der Waals surface area contributed by atoms with Crippen LogP contribution in [0.25, 0.3) is 0 Å². The Balaban J connectivity index is 0.00000225. The van der Waals surface area contributed by atoms with Crippen molar-refractivity contribution in [3.8, 4) is 5.75 Å². The van der Waals surface area contributed by atoms with E-state index in [0.29, 0.717) is 18.0 Å². The van der Waals surface area contributed by atoms with E-state index in [9.17, 15) is 0 Å². The standard InChI is InChI=1S/C20H32N2O2.ClH/c1-20(2,15-7-9-16(23-3)10-8-15)14-22-18-6-4-5-17(18)19-13-24-12-11-21-19;/h7-10,17-19,21-22H,4-6,11-14H2,1-3H3;1H. The first-order chi connectivity index (χ1) is 11.6. The fourth-order valence-corrected chi connectivity index (χ4v) is 4.11. The van der Waals surface area contributed by atoms with E-state index in [0.717, 1.165) is 32.1 Å². The summed E-state index contributed by atoms with van der Waals surface area (Å²) >= 11 is 0. The van der Waals surface area contributed by atoms with Crippen molar-refractivity contribution in [1.82, 2.24) is 10.6 Å². The van der Waals surface area contributed by atoms with Crippen molar-refractivity contribution in [1.29, 1.82) is 0 Å². The molecule has 4 nitrogen and oxygen atoms in total. The lowest BCUT2D eigenvalue weighted by molar-refractivity contribution is 0.0522. The molecule has 3 atom stereocenters. The number of halogens is 1. The summed E-state index contributed by atoms with van der Waals surface area (Å²) in [5.41, 5.74) is 1.46. The number of morpholine rings is 1. The largest absolute Gasteiger partial charge is 0.497 e. The maximum atomic E-state index is 5.68. The van der Waals surface area contributed by atoms with Crippen LogP contribution in [-0.4, -0.2) is 45.5 Å². The Bertz CT molecular complexity index is 515. The normalized spacial score (nSPS) is 26.9. The Morgan fingerprint density at radius 2 is 2.00 bits per heavy atom. The third-order valence-electron chi connectivity index (χ3n) is 5.71. The fourth-order valence-electron chi connectivity index (χ4n) is 4.11. The molecule has 0 bridgehead atoms. The van der Waals surface area contributed by atoms with Crippen LogP contribution in [0.15, 0.2) is 24.3 Å². The molecule has 1 aromatic rings. The van der Waals surface area contributed by atoms with Crippen LogP contribution in [-0.2, 0) is 10.2 Å². The van der Waals surface area contributed by atoms with Crippen molar-refractivity contribution < 1.29 is 9.47 Å². The van der Waals surface area contributed by atoms with Crippen LogP contribution >= 0.6 is 12.4 Å². The SMILES string of the molecule is COc1ccc(C(C)(C)CNC2CCCC2C2COCCN2)cc1.Cl. The first-order valence-corrected chi connectivity index (χ1v) is 9.29. The highest BCUT2D eigenvalue weighted by atomic mass is 35.5. The molecular formula is C20H33ClN2O2. The van der Waals surface area contributed by atoms with Gasteiger partial charge >= 0.3 is 0 Å². The van der Waals surface area contributed by atoms with Gasteiger partial charge in [0.05, 0.1) is 20.3 Å². The van der Waals surface area contributed by atoms with Gasteiger partial charge in [-0.1, -0.05) is 32.4 Å². The molecule has 2 fully saturated rings. The number of rotatable bonds is 6. The van der Waals surface area contributed by atoms with E-state index in [1.54, 1.807) is 7.11 Å². The maximum Gasteiger partial charge on any atom is 0.118 e. The van der Waals surface area contributed by atoms with Gasteiger partial charge in [-0.25, -0.2) is 0 Å². The molecule has 1 aromatic carbocycles. The maximum absolute atomic E-state index is 5.68. The summed E-state index contributed by atoms with van der Waals surface area (Å²) in [4.78, 5) is 0. The molecule has 1 heterocycles. The molecule has 0 spiro atoms. The molecule has 25 heavy (non-hydrogen) atoms. The van der Waals surface area contributed by atoms with Crippen LogP contribution < -0.4 is 15.4 Å². The average molecular weight is 369 g/mol. The van der Waals surface area contributed by atoms with Gasteiger partial charge in [0, 0.05) is 30.6 Å². The minimum Gasteiger partial charge on any atom is -0.497 e. The van der Waals surface area contributed by atoms with E-state index in [1.165, 1.54) is 24.8 Å². The second-order valence-electron chi connectivity index (χ2n) is 7.83. The van der Waals surface area contributed by atoms with Crippen LogP contribution in [0.2, 0.25) is 0 Å². The summed E-state index contributed by atoms with van der Waals surface area (Å²) in [5, 5.41) is 7.52. The second kappa shape index (κ2) is 9.22. The summed E-state index contributed by atoms with van der Waals surface area (Å²) < 4.78 is 10.9. The van der Waals surface area contributed by atoms with Crippen LogP contribution in [0, 0.1) is 5.92 Å². The van der Waals surface area contributed by atoms with Crippen molar-refractivity contribution in [2.75, 3.05) is 33.4 Å². The molecule has 1 aliphatic carbocycles. The molecule has 1 aliphatic heterocycles. The summed E-state index contributed by atoms with van der Waals surface area (Å²) in [6.45, 7) is 8.33. The zero-order chi connectivity index (χ0) is 17.0. The molecule has 142 valence electrons. The zero-order valence-corrected chi connectivity index (χ0v) is 16.5. The quantitative estimate of drug-likeness (QED) is 0.809. The topological polar surface area (TPSA) is 42.5 Å². The molecule has 2 N–H and O–H groups in total. The molecule has 0 radical (unpaired) electrons. The Morgan fingerprint density at radius 3 is 2.64 bits per heavy atom. The van der Waals surface area contributed by atoms with E-state index in [2.05, 4.69) is 48.7 Å². The van der Waals surface area contributed by atoms with E-state index in [4.69, 9.17) is 9.47 Å². The predicted molar refractivity (Wildman–Crippen MR) is 105 cm³/mol. The first kappa shape index (κ1) is 20.5. The van der Waals surface area contributed by atoms with Gasteiger partial charge < -0.3 is 20.1 Å². The number of hydrogen-bond acceptors (Lipinski definition) is 4. The van der Waals surface area contributed by atoms with E-state index in [1.807, 2.05) is 0 Å². The third-order valence-corrected chi connectivity index (χ3v) is 5.71. The summed E-state index contributed by atoms with van der Waals surface area (Å²) in [7, 11) is 1.71. The monoisotopic (exact) mass is 368 g/mol. The number of hydrogen-bond donors (Lipinski definition) is 2. The highest BCUT2D eigenvalue weighted by molar-refractivity contribution is 5.85. The predicted octanol–water partition coefficient (Wildman–Crippen LogP) is 3.14. The number of nitrogens with one attached hydrogen (secondary N) is 2.